The van der Waals surface area contributed by atoms with Crippen molar-refractivity contribution in [3.63, 3.8) is 0 Å². The molecule has 4 N–H and O–H groups in total. The van der Waals surface area contributed by atoms with Crippen LogP contribution in [-0.2, 0) is 0 Å². The van der Waals surface area contributed by atoms with E-state index >= 15 is 0 Å². The molecule has 1 atom stereocenters. The third-order valence-electron chi connectivity index (χ3n) is 1.71. The molecular formula is C9H9Cl2NO2. The first-order valence-corrected chi connectivity index (χ1v) is 4.55. The minimum absolute atomic E-state index is 0.184. The van der Waals surface area contributed by atoms with Crippen molar-refractivity contribution >= 4 is 28.8 Å². The summed E-state index contributed by atoms with van der Waals surface area (Å²) in [7, 11) is 0. The van der Waals surface area contributed by atoms with Gasteiger partial charge in [0.2, 0.25) is 0 Å². The van der Waals surface area contributed by atoms with Crippen LogP contribution in [0.2, 0.25) is 10.0 Å². The monoisotopic (exact) mass is 233 g/mol. The summed E-state index contributed by atoms with van der Waals surface area (Å²) in [5, 5.41) is 18.7. The van der Waals surface area contributed by atoms with Gasteiger partial charge in [0, 0.05) is 5.57 Å². The van der Waals surface area contributed by atoms with Crippen LogP contribution in [0.1, 0.15) is 5.56 Å². The number of hydrogen-bond acceptors (Lipinski definition) is 3. The van der Waals surface area contributed by atoms with Crippen molar-refractivity contribution in [3.8, 4) is 0 Å². The van der Waals surface area contributed by atoms with Crippen molar-refractivity contribution in [2.45, 2.75) is 6.23 Å². The van der Waals surface area contributed by atoms with Gasteiger partial charge in [0.15, 0.2) is 0 Å². The second-order valence-corrected chi connectivity index (χ2v) is 3.47. The van der Waals surface area contributed by atoms with Crippen LogP contribution in [0.5, 0.6) is 0 Å². The first-order valence-electron chi connectivity index (χ1n) is 3.79. The zero-order valence-corrected chi connectivity index (χ0v) is 8.63. The molecule has 0 fully saturated rings. The lowest BCUT2D eigenvalue weighted by atomic mass is 10.1. The number of rotatable bonds is 2. The second-order valence-electron chi connectivity index (χ2n) is 2.66. The highest BCUT2D eigenvalue weighted by Gasteiger charge is 2.10. The summed E-state index contributed by atoms with van der Waals surface area (Å²) in [6.45, 7) is 0. The van der Waals surface area contributed by atoms with Crippen LogP contribution in [0.15, 0.2) is 24.5 Å². The van der Waals surface area contributed by atoms with Crippen molar-refractivity contribution in [2.24, 2.45) is 5.73 Å². The highest BCUT2D eigenvalue weighted by Crippen LogP contribution is 2.26. The molecule has 0 aliphatic heterocycles. The molecule has 76 valence electrons. The van der Waals surface area contributed by atoms with Gasteiger partial charge >= 0.3 is 0 Å². The number of benzene rings is 1. The van der Waals surface area contributed by atoms with E-state index in [9.17, 15) is 0 Å². The Hall–Kier alpha value is -0.740. The zero-order chi connectivity index (χ0) is 10.7. The summed E-state index contributed by atoms with van der Waals surface area (Å²) < 4.78 is 0. The molecule has 5 heteroatoms. The predicted octanol–water partition coefficient (Wildman–Crippen LogP) is 2.17. The number of hydrogen-bond donors (Lipinski definition) is 3. The molecule has 0 aromatic heterocycles. The maximum Gasteiger partial charge on any atom is 0.132 e. The summed E-state index contributed by atoms with van der Waals surface area (Å²) in [6.07, 6.45) is -0.512. The number of halogens is 2. The molecule has 0 radical (unpaired) electrons. The molecular weight excluding hydrogens is 225 g/mol. The first-order chi connectivity index (χ1) is 6.56. The molecule has 0 heterocycles. The van der Waals surface area contributed by atoms with Crippen LogP contribution in [0.3, 0.4) is 0 Å². The zero-order valence-electron chi connectivity index (χ0n) is 7.11. The lowest BCUT2D eigenvalue weighted by Gasteiger charge is -2.09. The van der Waals surface area contributed by atoms with Crippen molar-refractivity contribution < 1.29 is 10.2 Å². The quantitative estimate of drug-likeness (QED) is 0.542. The van der Waals surface area contributed by atoms with E-state index in [-0.39, 0.29) is 5.57 Å². The molecule has 3 nitrogen and oxygen atoms in total. The summed E-state index contributed by atoms with van der Waals surface area (Å²) in [5.41, 5.74) is 5.93. The lowest BCUT2D eigenvalue weighted by molar-refractivity contribution is 0.238. The summed E-state index contributed by atoms with van der Waals surface area (Å²) >= 11 is 11.5. The fourth-order valence-corrected chi connectivity index (χ4v) is 1.30. The van der Waals surface area contributed by atoms with Gasteiger partial charge in [-0.05, 0) is 17.7 Å². The molecule has 0 spiro atoms. The van der Waals surface area contributed by atoms with E-state index in [4.69, 9.17) is 39.1 Å². The Morgan fingerprint density at radius 1 is 1.36 bits per heavy atom. The molecule has 0 unspecified atom stereocenters. The van der Waals surface area contributed by atoms with E-state index < -0.39 is 6.23 Å². The van der Waals surface area contributed by atoms with Crippen LogP contribution >= 0.6 is 23.2 Å². The van der Waals surface area contributed by atoms with Gasteiger partial charge in [-0.2, -0.15) is 0 Å². The van der Waals surface area contributed by atoms with Gasteiger partial charge in [0.05, 0.1) is 16.3 Å². The second kappa shape index (κ2) is 4.66. The number of aliphatic hydroxyl groups is 2. The maximum absolute atomic E-state index is 9.10. The third-order valence-corrected chi connectivity index (χ3v) is 2.45. The van der Waals surface area contributed by atoms with Crippen molar-refractivity contribution in [1.82, 2.24) is 0 Å². The highest BCUT2D eigenvalue weighted by atomic mass is 35.5. The van der Waals surface area contributed by atoms with E-state index in [1.54, 1.807) is 12.1 Å². The van der Waals surface area contributed by atoms with E-state index in [1.165, 1.54) is 6.07 Å². The van der Waals surface area contributed by atoms with Gasteiger partial charge in [-0.15, -0.1) is 0 Å². The smallest absolute Gasteiger partial charge is 0.132 e. The Balaban J connectivity index is 3.13. The molecule has 14 heavy (non-hydrogen) atoms. The van der Waals surface area contributed by atoms with Gasteiger partial charge in [-0.3, -0.25) is 0 Å². The van der Waals surface area contributed by atoms with Gasteiger partial charge in [0.25, 0.3) is 0 Å². The van der Waals surface area contributed by atoms with Gasteiger partial charge in [-0.1, -0.05) is 29.3 Å². The average Bonchev–Trinajstić information content (AvgIpc) is 2.11. The van der Waals surface area contributed by atoms with Crippen molar-refractivity contribution in [2.75, 3.05) is 0 Å². The molecule has 0 amide bonds. The lowest BCUT2D eigenvalue weighted by Crippen LogP contribution is -2.20. The molecule has 0 bridgehead atoms. The molecule has 0 saturated heterocycles. The Morgan fingerprint density at radius 3 is 2.43 bits per heavy atom. The normalized spacial score (nSPS) is 14.1. The highest BCUT2D eigenvalue weighted by molar-refractivity contribution is 6.42. The topological polar surface area (TPSA) is 66.5 Å². The van der Waals surface area contributed by atoms with E-state index in [1.807, 2.05) is 0 Å². The van der Waals surface area contributed by atoms with Crippen molar-refractivity contribution in [1.29, 1.82) is 0 Å². The van der Waals surface area contributed by atoms with Crippen LogP contribution in [0, 0.1) is 0 Å². The summed E-state index contributed by atoms with van der Waals surface area (Å²) in [6, 6.07) is 4.68. The van der Waals surface area contributed by atoms with Crippen LogP contribution < -0.4 is 5.73 Å². The first kappa shape index (κ1) is 11.3. The minimum Gasteiger partial charge on any atom is -0.515 e. The number of aliphatic hydroxyl groups excluding tert-OH is 2. The third kappa shape index (κ3) is 2.39. The summed E-state index contributed by atoms with van der Waals surface area (Å²) in [5.74, 6) is 0. The van der Waals surface area contributed by atoms with Gasteiger partial charge < -0.3 is 15.9 Å². The maximum atomic E-state index is 9.10. The molecule has 0 aliphatic carbocycles. The molecule has 0 saturated carbocycles. The average molecular weight is 234 g/mol. The van der Waals surface area contributed by atoms with Gasteiger partial charge in [-0.25, -0.2) is 0 Å². The van der Waals surface area contributed by atoms with E-state index in [0.717, 1.165) is 6.26 Å². The Kier molecular flexibility index (Phi) is 3.77. The Morgan fingerprint density at radius 2 is 2.00 bits per heavy atom. The fourth-order valence-electron chi connectivity index (χ4n) is 0.997. The van der Waals surface area contributed by atoms with Crippen LogP contribution in [-0.4, -0.2) is 16.4 Å². The molecule has 1 aromatic carbocycles. The van der Waals surface area contributed by atoms with E-state index in [2.05, 4.69) is 0 Å². The molecule has 0 aliphatic rings. The largest absolute Gasteiger partial charge is 0.515 e. The van der Waals surface area contributed by atoms with Crippen molar-refractivity contribution in [3.05, 3.63) is 40.1 Å². The fraction of sp³-hybridized carbons (Fsp3) is 0.111. The number of nitrogens with two attached hydrogens (primary N) is 1. The standard InChI is InChI=1S/C9H9Cl2NO2/c10-7-2-1-5(3-8(7)11)6(4-13)9(12)14/h1-4,9,13-14H,12H2/b6-4+/t9-/m0/s1. The Bertz CT molecular complexity index is 364. The SMILES string of the molecule is N[C@@H](O)/C(=C/O)c1ccc(Cl)c(Cl)c1. The van der Waals surface area contributed by atoms with Gasteiger partial charge in [0.1, 0.15) is 6.23 Å². The van der Waals surface area contributed by atoms with E-state index in [0.29, 0.717) is 15.6 Å². The molecule has 1 rings (SSSR count). The Labute approximate surface area is 91.4 Å². The minimum atomic E-state index is -1.25. The molecule has 1 aromatic rings. The predicted molar refractivity (Wildman–Crippen MR) is 57.3 cm³/mol. The van der Waals surface area contributed by atoms with Crippen LogP contribution in [0.25, 0.3) is 5.57 Å². The summed E-state index contributed by atoms with van der Waals surface area (Å²) in [4.78, 5) is 0. The van der Waals surface area contributed by atoms with Crippen LogP contribution in [0.4, 0.5) is 0 Å².